The summed E-state index contributed by atoms with van der Waals surface area (Å²) in [6.07, 6.45) is 14.7. The Kier molecular flexibility index (Phi) is 7.16. The van der Waals surface area contributed by atoms with Crippen LogP contribution in [0.1, 0.15) is 94.7 Å². The molecule has 9 nitrogen and oxygen atoms in total. The van der Waals surface area contributed by atoms with Gasteiger partial charge in [0.2, 0.25) is 11.8 Å². The molecular weight excluding hydrogens is 542 g/mol. The van der Waals surface area contributed by atoms with Crippen LogP contribution in [0.15, 0.2) is 41.1 Å². The van der Waals surface area contributed by atoms with Gasteiger partial charge in [-0.1, -0.05) is 30.1 Å². The lowest BCUT2D eigenvalue weighted by Gasteiger charge is -2.48. The molecule has 1 aromatic carbocycles. The summed E-state index contributed by atoms with van der Waals surface area (Å²) in [5.74, 6) is 3.47. The van der Waals surface area contributed by atoms with E-state index < -0.39 is 0 Å². The van der Waals surface area contributed by atoms with Crippen LogP contribution in [0.5, 0.6) is 6.01 Å². The topological polar surface area (TPSA) is 103 Å². The van der Waals surface area contributed by atoms with Gasteiger partial charge in [-0.3, -0.25) is 4.79 Å². The van der Waals surface area contributed by atoms with Crippen molar-refractivity contribution < 1.29 is 18.8 Å². The molecule has 4 aliphatic carbocycles. The Morgan fingerprint density at radius 1 is 1.00 bits per heavy atom. The Morgan fingerprint density at radius 3 is 2.72 bits per heavy atom. The minimum absolute atomic E-state index is 0.00226. The molecule has 5 fully saturated rings. The Labute approximate surface area is 252 Å². The zero-order valence-electron chi connectivity index (χ0n) is 24.8. The van der Waals surface area contributed by atoms with Crippen molar-refractivity contribution in [3.05, 3.63) is 48.2 Å². The summed E-state index contributed by atoms with van der Waals surface area (Å²) < 4.78 is 17.4. The number of nitrogens with zero attached hydrogens (tertiary/aromatic N) is 5. The number of carbonyl (C=O) groups excluding carboxylic acids is 1. The highest BCUT2D eigenvalue weighted by Crippen LogP contribution is 2.53. The average Bonchev–Trinajstić information content (AvgIpc) is 4.00. The van der Waals surface area contributed by atoms with Crippen molar-refractivity contribution in [2.75, 3.05) is 24.7 Å². The van der Waals surface area contributed by atoms with Gasteiger partial charge in [0, 0.05) is 54.5 Å². The Balaban J connectivity index is 1.05. The largest absolute Gasteiger partial charge is 0.460 e. The van der Waals surface area contributed by atoms with Gasteiger partial charge < -0.3 is 18.9 Å². The van der Waals surface area contributed by atoms with Crippen LogP contribution in [0.3, 0.4) is 0 Å². The molecule has 1 aliphatic heterocycles. The molecule has 2 bridgehead atoms. The number of benzene rings is 1. The Hall–Kier alpha value is -3.33. The number of rotatable bonds is 9. The monoisotopic (exact) mass is 583 g/mol. The number of ether oxygens (including phenoxy) is 2. The number of hydrogen-bond acceptors (Lipinski definition) is 8. The maximum absolute atomic E-state index is 14.2. The first-order chi connectivity index (χ1) is 21.1. The van der Waals surface area contributed by atoms with Crippen molar-refractivity contribution in [3.63, 3.8) is 0 Å². The van der Waals surface area contributed by atoms with Crippen molar-refractivity contribution in [2.45, 2.75) is 94.5 Å². The minimum atomic E-state index is -0.0109. The summed E-state index contributed by atoms with van der Waals surface area (Å²) in [6.45, 7) is 2.03. The predicted molar refractivity (Wildman–Crippen MR) is 160 cm³/mol. The van der Waals surface area contributed by atoms with E-state index in [-0.39, 0.29) is 23.3 Å². The molecule has 3 aromatic rings. The molecule has 2 aromatic heterocycles. The molecule has 0 N–H and O–H groups in total. The molecule has 1 amide bonds. The summed E-state index contributed by atoms with van der Waals surface area (Å²) >= 11 is 0. The highest BCUT2D eigenvalue weighted by molar-refractivity contribution is 5.95. The van der Waals surface area contributed by atoms with Crippen molar-refractivity contribution in [1.29, 1.82) is 0 Å². The normalized spacial score (nSPS) is 27.5. The number of amides is 1. The molecule has 9 heteroatoms. The van der Waals surface area contributed by atoms with Crippen LogP contribution >= 0.6 is 0 Å². The summed E-state index contributed by atoms with van der Waals surface area (Å²) in [5.41, 5.74) is 2.72. The number of fused-ring (bicyclic) bond motifs is 2. The zero-order chi connectivity index (χ0) is 28.8. The van der Waals surface area contributed by atoms with Crippen LogP contribution in [0, 0.1) is 17.8 Å². The second-order valence-electron chi connectivity index (χ2n) is 13.6. The SMILES string of the molecule is O=C(C1CCOCC1)N(CC1CCC2(c3nc(C4CC4)no3)CCCC1C2)c1cccc(-c2ccnc(OC3CC3)n2)c1. The van der Waals surface area contributed by atoms with E-state index in [4.69, 9.17) is 24.0 Å². The van der Waals surface area contributed by atoms with E-state index in [1.807, 2.05) is 12.1 Å². The van der Waals surface area contributed by atoms with Gasteiger partial charge in [-0.2, -0.15) is 9.97 Å². The predicted octanol–water partition coefficient (Wildman–Crippen LogP) is 6.24. The van der Waals surface area contributed by atoms with Crippen molar-refractivity contribution >= 4 is 11.6 Å². The molecule has 0 radical (unpaired) electrons. The van der Waals surface area contributed by atoms with E-state index in [1.165, 1.54) is 25.7 Å². The summed E-state index contributed by atoms with van der Waals surface area (Å²) in [5, 5.41) is 4.37. The van der Waals surface area contributed by atoms with Crippen molar-refractivity contribution in [2.24, 2.45) is 17.8 Å². The number of anilines is 1. The van der Waals surface area contributed by atoms with Crippen LogP contribution in [0.4, 0.5) is 5.69 Å². The maximum atomic E-state index is 14.2. The summed E-state index contributed by atoms with van der Waals surface area (Å²) in [6, 6.07) is 10.6. The van der Waals surface area contributed by atoms with Gasteiger partial charge in [-0.05, 0) is 94.2 Å². The molecule has 0 spiro atoms. The molecule has 3 heterocycles. The second-order valence-corrected chi connectivity index (χ2v) is 13.6. The van der Waals surface area contributed by atoms with Gasteiger partial charge >= 0.3 is 6.01 Å². The lowest BCUT2D eigenvalue weighted by atomic mass is 9.58. The molecule has 5 aliphatic rings. The van der Waals surface area contributed by atoms with E-state index in [1.54, 1.807) is 6.20 Å². The van der Waals surface area contributed by atoms with E-state index >= 15 is 0 Å². The van der Waals surface area contributed by atoms with Gasteiger partial charge in [0.1, 0.15) is 6.10 Å². The van der Waals surface area contributed by atoms with Gasteiger partial charge in [0.05, 0.1) is 5.69 Å². The fraction of sp³-hybridized carbons (Fsp3) is 0.618. The molecule has 8 rings (SSSR count). The van der Waals surface area contributed by atoms with Crippen LogP contribution < -0.4 is 9.64 Å². The third kappa shape index (κ3) is 5.68. The molecule has 1 saturated heterocycles. The van der Waals surface area contributed by atoms with Gasteiger partial charge in [0.15, 0.2) is 5.82 Å². The fourth-order valence-electron chi connectivity index (χ4n) is 7.68. The highest BCUT2D eigenvalue weighted by Gasteiger charge is 2.49. The van der Waals surface area contributed by atoms with Crippen molar-refractivity contribution in [3.8, 4) is 17.3 Å². The quantitative estimate of drug-likeness (QED) is 0.292. The fourth-order valence-corrected chi connectivity index (χ4v) is 7.68. The zero-order valence-corrected chi connectivity index (χ0v) is 24.8. The average molecular weight is 584 g/mol. The van der Waals surface area contributed by atoms with E-state index in [9.17, 15) is 4.79 Å². The lowest BCUT2D eigenvalue weighted by Crippen LogP contribution is -2.47. The Morgan fingerprint density at radius 2 is 1.88 bits per heavy atom. The first-order valence-corrected chi connectivity index (χ1v) is 16.5. The van der Waals surface area contributed by atoms with Crippen LogP contribution in [0.25, 0.3) is 11.3 Å². The lowest BCUT2D eigenvalue weighted by molar-refractivity contribution is -0.125. The standard InChI is InChI=1S/C34H41N5O4/c40-31(23-12-17-41-18-13-23)39(27-5-1-3-24(19-27)29-11-16-35-33(36-29)42-28-8-9-28)21-26-10-15-34(14-2-4-25(26)20-34)32-37-30(38-43-32)22-6-7-22/h1,3,5,11,16,19,22-23,25-26,28H,2,4,6-10,12-15,17-18,20-21H2. The smallest absolute Gasteiger partial charge is 0.317 e. The molecule has 3 unspecified atom stereocenters. The molecule has 3 atom stereocenters. The van der Waals surface area contributed by atoms with Crippen LogP contribution in [0.2, 0.25) is 0 Å². The van der Waals surface area contributed by atoms with Crippen molar-refractivity contribution in [1.82, 2.24) is 20.1 Å². The van der Waals surface area contributed by atoms with Gasteiger partial charge in [-0.15, -0.1) is 0 Å². The van der Waals surface area contributed by atoms with Crippen LogP contribution in [-0.4, -0.2) is 51.9 Å². The van der Waals surface area contributed by atoms with E-state index in [2.05, 4.69) is 33.2 Å². The summed E-state index contributed by atoms with van der Waals surface area (Å²) in [4.78, 5) is 30.2. The molecule has 4 saturated carbocycles. The third-order valence-corrected chi connectivity index (χ3v) is 10.5. The Bertz CT molecular complexity index is 1460. The second kappa shape index (κ2) is 11.3. The number of carbonyl (C=O) groups is 1. The van der Waals surface area contributed by atoms with E-state index in [0.717, 1.165) is 86.6 Å². The number of hydrogen-bond donors (Lipinski definition) is 0. The number of aromatic nitrogens is 4. The third-order valence-electron chi connectivity index (χ3n) is 10.5. The van der Waals surface area contributed by atoms with Gasteiger partial charge in [0.25, 0.3) is 0 Å². The first kappa shape index (κ1) is 27.2. The highest BCUT2D eigenvalue weighted by atomic mass is 16.5. The molecule has 226 valence electrons. The summed E-state index contributed by atoms with van der Waals surface area (Å²) in [7, 11) is 0. The van der Waals surface area contributed by atoms with Gasteiger partial charge in [-0.25, -0.2) is 4.98 Å². The van der Waals surface area contributed by atoms with Crippen LogP contribution in [-0.2, 0) is 14.9 Å². The maximum Gasteiger partial charge on any atom is 0.317 e. The first-order valence-electron chi connectivity index (χ1n) is 16.5. The molecule has 43 heavy (non-hydrogen) atoms. The van der Waals surface area contributed by atoms with E-state index in [0.29, 0.717) is 37.0 Å². The molecular formula is C34H41N5O4. The minimum Gasteiger partial charge on any atom is -0.460 e.